The summed E-state index contributed by atoms with van der Waals surface area (Å²) in [7, 11) is 0. The monoisotopic (exact) mass is 246 g/mol. The van der Waals surface area contributed by atoms with Crippen LogP contribution in [-0.4, -0.2) is 17.3 Å². The first-order valence-electron chi connectivity index (χ1n) is 4.72. The SMILES string of the molecule is CCSCCSc1ccc(CCl)cc1. The molecule has 0 aliphatic rings. The van der Waals surface area contributed by atoms with E-state index in [1.807, 2.05) is 23.5 Å². The van der Waals surface area contributed by atoms with Gasteiger partial charge in [0, 0.05) is 22.3 Å². The van der Waals surface area contributed by atoms with Crippen LogP contribution in [0, 0.1) is 0 Å². The molecule has 1 aromatic rings. The zero-order valence-electron chi connectivity index (χ0n) is 8.33. The Hall–Kier alpha value is 0.210. The molecule has 0 N–H and O–H groups in total. The summed E-state index contributed by atoms with van der Waals surface area (Å²) < 4.78 is 0. The van der Waals surface area contributed by atoms with Crippen molar-refractivity contribution in [3.05, 3.63) is 29.8 Å². The van der Waals surface area contributed by atoms with E-state index in [0.29, 0.717) is 5.88 Å². The highest BCUT2D eigenvalue weighted by Crippen LogP contribution is 2.20. The van der Waals surface area contributed by atoms with Crippen LogP contribution < -0.4 is 0 Å². The molecule has 1 rings (SSSR count). The molecule has 0 amide bonds. The second-order valence-electron chi connectivity index (χ2n) is 2.82. The van der Waals surface area contributed by atoms with E-state index in [1.54, 1.807) is 0 Å². The second kappa shape index (κ2) is 7.49. The number of benzene rings is 1. The molecule has 0 unspecified atom stereocenters. The Kier molecular flexibility index (Phi) is 6.57. The molecule has 0 aliphatic heterocycles. The molecule has 3 heteroatoms. The highest BCUT2D eigenvalue weighted by Gasteiger charge is 1.94. The van der Waals surface area contributed by atoms with Crippen LogP contribution in [-0.2, 0) is 5.88 Å². The first-order valence-corrected chi connectivity index (χ1v) is 7.39. The van der Waals surface area contributed by atoms with E-state index >= 15 is 0 Å². The van der Waals surface area contributed by atoms with Crippen molar-refractivity contribution in [3.8, 4) is 0 Å². The van der Waals surface area contributed by atoms with Gasteiger partial charge in [-0.1, -0.05) is 19.1 Å². The Balaban J connectivity index is 2.29. The van der Waals surface area contributed by atoms with Gasteiger partial charge < -0.3 is 0 Å². The maximum Gasteiger partial charge on any atom is 0.0474 e. The fourth-order valence-electron chi connectivity index (χ4n) is 1.04. The van der Waals surface area contributed by atoms with Gasteiger partial charge in [-0.3, -0.25) is 0 Å². The highest BCUT2D eigenvalue weighted by atomic mass is 35.5. The lowest BCUT2D eigenvalue weighted by atomic mass is 10.2. The second-order valence-corrected chi connectivity index (χ2v) is 5.65. The molecule has 0 saturated heterocycles. The third kappa shape index (κ3) is 4.63. The van der Waals surface area contributed by atoms with Crippen LogP contribution in [0.3, 0.4) is 0 Å². The molecule has 0 nitrogen and oxygen atoms in total. The van der Waals surface area contributed by atoms with Gasteiger partial charge in [-0.15, -0.1) is 23.4 Å². The van der Waals surface area contributed by atoms with Crippen LogP contribution in [0.4, 0.5) is 0 Å². The number of halogens is 1. The van der Waals surface area contributed by atoms with Crippen LogP contribution in [0.15, 0.2) is 29.2 Å². The molecule has 14 heavy (non-hydrogen) atoms. The van der Waals surface area contributed by atoms with Crippen LogP contribution in [0.25, 0.3) is 0 Å². The molecule has 0 heterocycles. The van der Waals surface area contributed by atoms with Crippen molar-refractivity contribution in [2.75, 3.05) is 17.3 Å². The van der Waals surface area contributed by atoms with E-state index in [-0.39, 0.29) is 0 Å². The lowest BCUT2D eigenvalue weighted by Crippen LogP contribution is -1.84. The molecule has 0 atom stereocenters. The minimum atomic E-state index is 0.608. The zero-order chi connectivity index (χ0) is 10.2. The number of hydrogen-bond acceptors (Lipinski definition) is 2. The van der Waals surface area contributed by atoms with Crippen molar-refractivity contribution >= 4 is 35.1 Å². The van der Waals surface area contributed by atoms with Gasteiger partial charge >= 0.3 is 0 Å². The smallest absolute Gasteiger partial charge is 0.0474 e. The summed E-state index contributed by atoms with van der Waals surface area (Å²) in [6, 6.07) is 8.50. The fourth-order valence-corrected chi connectivity index (χ4v) is 2.87. The van der Waals surface area contributed by atoms with Gasteiger partial charge in [-0.2, -0.15) is 11.8 Å². The topological polar surface area (TPSA) is 0 Å². The maximum absolute atomic E-state index is 5.71. The first kappa shape index (κ1) is 12.3. The minimum Gasteiger partial charge on any atom is -0.161 e. The summed E-state index contributed by atoms with van der Waals surface area (Å²) in [4.78, 5) is 1.34. The molecular weight excluding hydrogens is 232 g/mol. The Morgan fingerprint density at radius 3 is 2.43 bits per heavy atom. The Labute approximate surface area is 99.8 Å². The molecule has 0 spiro atoms. The normalized spacial score (nSPS) is 10.4. The number of thioether (sulfide) groups is 2. The fraction of sp³-hybridized carbons (Fsp3) is 0.455. The van der Waals surface area contributed by atoms with Crippen molar-refractivity contribution in [1.29, 1.82) is 0 Å². The molecule has 0 fully saturated rings. The Morgan fingerprint density at radius 2 is 1.86 bits per heavy atom. The Morgan fingerprint density at radius 1 is 1.14 bits per heavy atom. The first-order chi connectivity index (χ1) is 6.86. The van der Waals surface area contributed by atoms with E-state index in [1.165, 1.54) is 27.7 Å². The average Bonchev–Trinajstić information content (AvgIpc) is 2.25. The zero-order valence-corrected chi connectivity index (χ0v) is 10.7. The van der Waals surface area contributed by atoms with E-state index in [2.05, 4.69) is 31.2 Å². The van der Waals surface area contributed by atoms with Crippen molar-refractivity contribution in [3.63, 3.8) is 0 Å². The highest BCUT2D eigenvalue weighted by molar-refractivity contribution is 8.02. The molecule has 0 aliphatic carbocycles. The van der Waals surface area contributed by atoms with E-state index in [9.17, 15) is 0 Å². The van der Waals surface area contributed by atoms with Crippen molar-refractivity contribution in [2.24, 2.45) is 0 Å². The van der Waals surface area contributed by atoms with Gasteiger partial charge in [0.1, 0.15) is 0 Å². The van der Waals surface area contributed by atoms with Gasteiger partial charge in [0.15, 0.2) is 0 Å². The lowest BCUT2D eigenvalue weighted by Gasteiger charge is -2.01. The number of alkyl halides is 1. The summed E-state index contributed by atoms with van der Waals surface area (Å²) in [5.41, 5.74) is 1.19. The number of hydrogen-bond donors (Lipinski definition) is 0. The molecule has 0 aromatic heterocycles. The number of rotatable bonds is 6. The van der Waals surface area contributed by atoms with Gasteiger partial charge in [0.05, 0.1) is 0 Å². The van der Waals surface area contributed by atoms with E-state index < -0.39 is 0 Å². The van der Waals surface area contributed by atoms with Gasteiger partial charge in [-0.05, 0) is 23.4 Å². The third-order valence-electron chi connectivity index (χ3n) is 1.78. The summed E-state index contributed by atoms with van der Waals surface area (Å²) in [6.45, 7) is 2.20. The predicted molar refractivity (Wildman–Crippen MR) is 69.7 cm³/mol. The standard InChI is InChI=1S/C11H15ClS2/c1-2-13-7-8-14-11-5-3-10(9-12)4-6-11/h3-6H,2,7-9H2,1H3. The summed E-state index contributed by atoms with van der Waals surface area (Å²) in [5, 5.41) is 0. The molecular formula is C11H15ClS2. The van der Waals surface area contributed by atoms with Crippen LogP contribution in [0.1, 0.15) is 12.5 Å². The van der Waals surface area contributed by atoms with Crippen molar-refractivity contribution in [2.45, 2.75) is 17.7 Å². The molecule has 1 aromatic carbocycles. The van der Waals surface area contributed by atoms with E-state index in [0.717, 1.165) is 0 Å². The summed E-state index contributed by atoms with van der Waals surface area (Å²) in [5.74, 6) is 4.25. The quantitative estimate of drug-likeness (QED) is 0.418. The van der Waals surface area contributed by atoms with Gasteiger partial charge in [0.2, 0.25) is 0 Å². The lowest BCUT2D eigenvalue weighted by molar-refractivity contribution is 1.33. The van der Waals surface area contributed by atoms with Crippen LogP contribution >= 0.6 is 35.1 Å². The molecule has 0 saturated carbocycles. The Bertz CT molecular complexity index is 246. The maximum atomic E-state index is 5.71. The van der Waals surface area contributed by atoms with Gasteiger partial charge in [0.25, 0.3) is 0 Å². The average molecular weight is 247 g/mol. The minimum absolute atomic E-state index is 0.608. The molecule has 0 bridgehead atoms. The predicted octanol–water partition coefficient (Wildman–Crippen LogP) is 4.27. The summed E-state index contributed by atoms with van der Waals surface area (Å²) in [6.07, 6.45) is 0. The summed E-state index contributed by atoms with van der Waals surface area (Å²) >= 11 is 9.62. The molecule has 0 radical (unpaired) electrons. The van der Waals surface area contributed by atoms with Crippen LogP contribution in [0.5, 0.6) is 0 Å². The van der Waals surface area contributed by atoms with E-state index in [4.69, 9.17) is 11.6 Å². The van der Waals surface area contributed by atoms with Crippen molar-refractivity contribution in [1.82, 2.24) is 0 Å². The molecule has 78 valence electrons. The third-order valence-corrected chi connectivity index (χ3v) is 4.26. The van der Waals surface area contributed by atoms with Gasteiger partial charge in [-0.25, -0.2) is 0 Å². The largest absolute Gasteiger partial charge is 0.161 e. The van der Waals surface area contributed by atoms with Crippen molar-refractivity contribution < 1.29 is 0 Å². The van der Waals surface area contributed by atoms with Crippen LogP contribution in [0.2, 0.25) is 0 Å².